The molecule has 0 radical (unpaired) electrons. The summed E-state index contributed by atoms with van der Waals surface area (Å²) >= 11 is 0. The van der Waals surface area contributed by atoms with Crippen molar-refractivity contribution in [3.8, 4) is 136 Å². The molecule has 0 saturated carbocycles. The Morgan fingerprint density at radius 3 is 0.918 bits per heavy atom. The Labute approximate surface area is 566 Å². The molecule has 8 heteroatoms. The molecule has 14 aromatic carbocycles. The average molecular weight is 1250 g/mol. The van der Waals surface area contributed by atoms with Crippen molar-refractivity contribution in [1.82, 2.24) is 24.1 Å². The summed E-state index contributed by atoms with van der Waals surface area (Å²) < 4.78 is 4.68. The van der Waals surface area contributed by atoms with Crippen LogP contribution in [-0.2, 0) is 0 Å². The van der Waals surface area contributed by atoms with Crippen LogP contribution in [0.2, 0.25) is 0 Å². The van der Waals surface area contributed by atoms with Crippen LogP contribution in [0.25, 0.3) is 172 Å². The second-order valence-electron chi connectivity index (χ2n) is 24.4. The molecule has 0 bridgehead atoms. The Hall–Kier alpha value is -13.8. The summed E-state index contributed by atoms with van der Waals surface area (Å²) in [4.78, 5) is 21.2. The number of hydrogen-bond donors (Lipinski definition) is 0. The van der Waals surface area contributed by atoms with Crippen LogP contribution in [0, 0.1) is 29.2 Å². The van der Waals surface area contributed by atoms with Crippen LogP contribution in [0.15, 0.2) is 328 Å². The molecule has 17 aromatic rings. The lowest BCUT2D eigenvalue weighted by Crippen LogP contribution is -2.06. The van der Waals surface area contributed by atoms with E-state index in [0.717, 1.165) is 144 Å². The van der Waals surface area contributed by atoms with Gasteiger partial charge >= 0.3 is 0 Å². The van der Waals surface area contributed by atoms with Crippen LogP contribution in [0.3, 0.4) is 0 Å². The van der Waals surface area contributed by atoms with Crippen molar-refractivity contribution in [3.05, 3.63) is 350 Å². The first-order chi connectivity index (χ1) is 48.4. The number of nitrogens with zero attached hydrogens (tertiary/aromatic N) is 8. The molecular weight excluding hydrogens is 1190 g/mol. The second kappa shape index (κ2) is 24.6. The van der Waals surface area contributed by atoms with Crippen LogP contribution >= 0.6 is 0 Å². The lowest BCUT2D eigenvalue weighted by atomic mass is 9.97. The standard InChI is InChI=1S/C90H54N8/c1-93-81-35-17-16-33-73(81)72-32-14-15-34-74(72)88-94-89(75-42-36-70(64-30-18-20-58(48-64)56-91)54-86(75)97-82-44-38-66(60-22-6-2-7-23-60)50-77(82)78-51-67(39-45-83(78)97)61-24-8-3-9-25-61)96-90(95-88)76-43-37-71(65-31-19-21-59(49-65)57-92)55-87(76)98-84-46-40-68(62-26-10-4-11-27-62)52-79(84)80-53-69(41-47-85(80)98)63-28-12-5-13-29-63/h2-55H. The third-order valence-corrected chi connectivity index (χ3v) is 18.7. The van der Waals surface area contributed by atoms with Crippen molar-refractivity contribution >= 4 is 49.3 Å². The summed E-state index contributed by atoms with van der Waals surface area (Å²) in [6, 6.07) is 118. The Bertz CT molecular complexity index is 5630. The maximum absolute atomic E-state index is 10.3. The molecule has 3 heterocycles. The molecule has 3 aromatic heterocycles. The van der Waals surface area contributed by atoms with Gasteiger partial charge in [-0.15, -0.1) is 0 Å². The highest BCUT2D eigenvalue weighted by Gasteiger charge is 2.26. The van der Waals surface area contributed by atoms with Crippen molar-refractivity contribution in [3.63, 3.8) is 0 Å². The van der Waals surface area contributed by atoms with E-state index in [1.165, 1.54) is 0 Å². The minimum atomic E-state index is 0.401. The molecule has 0 spiro atoms. The van der Waals surface area contributed by atoms with Crippen LogP contribution in [0.4, 0.5) is 5.69 Å². The fraction of sp³-hybridized carbons (Fsp3) is 0. The van der Waals surface area contributed by atoms with Gasteiger partial charge in [-0.1, -0.05) is 231 Å². The molecule has 17 rings (SSSR count). The summed E-state index contributed by atoms with van der Waals surface area (Å²) in [6.45, 7) is 8.39. The van der Waals surface area contributed by atoms with Crippen molar-refractivity contribution in [2.45, 2.75) is 0 Å². The summed E-state index contributed by atoms with van der Waals surface area (Å²) in [6.07, 6.45) is 0. The van der Waals surface area contributed by atoms with Crippen molar-refractivity contribution in [2.75, 3.05) is 0 Å². The van der Waals surface area contributed by atoms with Crippen molar-refractivity contribution in [1.29, 1.82) is 10.5 Å². The SMILES string of the molecule is [C-]#[N+]c1ccccc1-c1ccccc1-c1nc(-c2ccc(-c3cccc(C#N)c3)cc2-n2c3ccc(-c4ccccc4)cc3c3cc(-c4ccccc4)ccc32)nc(-c2ccc(-c3cccc(C#N)c3)cc2-n2c3ccc(-c4ccccc4)cc3c3cc(-c4ccccc4)ccc32)n1. The fourth-order valence-corrected chi connectivity index (χ4v) is 14.0. The topological polar surface area (TPSA) is 100 Å². The minimum absolute atomic E-state index is 0.401. The minimum Gasteiger partial charge on any atom is -0.308 e. The summed E-state index contributed by atoms with van der Waals surface area (Å²) in [5.41, 5.74) is 23.1. The molecule has 0 aliphatic heterocycles. The predicted molar refractivity (Wildman–Crippen MR) is 399 cm³/mol. The van der Waals surface area contributed by atoms with Gasteiger partial charge in [-0.25, -0.2) is 19.8 Å². The molecule has 0 atom stereocenters. The van der Waals surface area contributed by atoms with Crippen LogP contribution in [0.5, 0.6) is 0 Å². The van der Waals surface area contributed by atoms with E-state index in [2.05, 4.69) is 232 Å². The van der Waals surface area contributed by atoms with Gasteiger partial charge in [-0.05, 0) is 175 Å². The third-order valence-electron chi connectivity index (χ3n) is 18.7. The molecule has 98 heavy (non-hydrogen) atoms. The number of aromatic nitrogens is 5. The fourth-order valence-electron chi connectivity index (χ4n) is 14.0. The molecule has 0 aliphatic carbocycles. The molecule has 454 valence electrons. The number of fused-ring (bicyclic) bond motifs is 6. The van der Waals surface area contributed by atoms with Gasteiger partial charge in [0.1, 0.15) is 0 Å². The van der Waals surface area contributed by atoms with Crippen LogP contribution < -0.4 is 0 Å². The maximum Gasteiger partial charge on any atom is 0.194 e. The van der Waals surface area contributed by atoms with Gasteiger partial charge in [0.25, 0.3) is 0 Å². The second-order valence-corrected chi connectivity index (χ2v) is 24.4. The van der Waals surface area contributed by atoms with E-state index in [4.69, 9.17) is 21.5 Å². The number of nitriles is 2. The highest BCUT2D eigenvalue weighted by atomic mass is 15.1. The number of para-hydroxylation sites is 1. The lowest BCUT2D eigenvalue weighted by Gasteiger charge is -2.19. The molecule has 0 N–H and O–H groups in total. The smallest absolute Gasteiger partial charge is 0.194 e. The lowest BCUT2D eigenvalue weighted by molar-refractivity contribution is 1.06. The van der Waals surface area contributed by atoms with Crippen LogP contribution in [0.1, 0.15) is 11.1 Å². The van der Waals surface area contributed by atoms with E-state index >= 15 is 0 Å². The first kappa shape index (κ1) is 58.0. The Morgan fingerprint density at radius 2 is 0.551 bits per heavy atom. The molecule has 0 aliphatic rings. The molecule has 8 nitrogen and oxygen atoms in total. The van der Waals surface area contributed by atoms with Gasteiger partial charge in [0, 0.05) is 38.2 Å². The van der Waals surface area contributed by atoms with E-state index in [0.29, 0.717) is 39.9 Å². The van der Waals surface area contributed by atoms with Gasteiger partial charge in [0.05, 0.1) is 63.3 Å². The van der Waals surface area contributed by atoms with Gasteiger partial charge < -0.3 is 9.13 Å². The van der Waals surface area contributed by atoms with E-state index in [1.807, 2.05) is 121 Å². The number of hydrogen-bond acceptors (Lipinski definition) is 5. The average Bonchev–Trinajstić information content (AvgIpc) is 1.58. The Kier molecular flexibility index (Phi) is 14.5. The summed E-state index contributed by atoms with van der Waals surface area (Å²) in [5, 5.41) is 24.8. The van der Waals surface area contributed by atoms with E-state index in [-0.39, 0.29) is 0 Å². The Morgan fingerprint density at radius 1 is 0.255 bits per heavy atom. The first-order valence-electron chi connectivity index (χ1n) is 32.4. The van der Waals surface area contributed by atoms with Gasteiger partial charge in [0.15, 0.2) is 23.2 Å². The number of benzene rings is 14. The zero-order valence-electron chi connectivity index (χ0n) is 52.8. The molecule has 0 fully saturated rings. The van der Waals surface area contributed by atoms with Gasteiger partial charge in [-0.2, -0.15) is 10.5 Å². The van der Waals surface area contributed by atoms with Gasteiger partial charge in [-0.3, -0.25) is 0 Å². The highest BCUT2D eigenvalue weighted by molar-refractivity contribution is 6.14. The molecular formula is C90H54N8. The van der Waals surface area contributed by atoms with E-state index in [9.17, 15) is 10.5 Å². The predicted octanol–water partition coefficient (Wildman–Crippen LogP) is 23.0. The molecule has 0 unspecified atom stereocenters. The van der Waals surface area contributed by atoms with Crippen molar-refractivity contribution < 1.29 is 0 Å². The molecule has 0 amide bonds. The maximum atomic E-state index is 10.3. The van der Waals surface area contributed by atoms with Gasteiger partial charge in [0.2, 0.25) is 0 Å². The normalized spacial score (nSPS) is 11.2. The van der Waals surface area contributed by atoms with E-state index in [1.54, 1.807) is 0 Å². The zero-order valence-corrected chi connectivity index (χ0v) is 52.8. The zero-order chi connectivity index (χ0) is 65.6. The molecule has 0 saturated heterocycles. The number of rotatable bonds is 12. The third kappa shape index (κ3) is 10.4. The van der Waals surface area contributed by atoms with E-state index < -0.39 is 0 Å². The largest absolute Gasteiger partial charge is 0.308 e. The van der Waals surface area contributed by atoms with Crippen molar-refractivity contribution in [2.24, 2.45) is 0 Å². The monoisotopic (exact) mass is 1250 g/mol. The highest BCUT2D eigenvalue weighted by Crippen LogP contribution is 2.46. The summed E-state index contributed by atoms with van der Waals surface area (Å²) in [7, 11) is 0. The quantitative estimate of drug-likeness (QED) is 0.113. The Balaban J connectivity index is 0.977. The van der Waals surface area contributed by atoms with Crippen LogP contribution in [-0.4, -0.2) is 24.1 Å². The first-order valence-corrected chi connectivity index (χ1v) is 32.4. The summed E-state index contributed by atoms with van der Waals surface area (Å²) in [5.74, 6) is 1.21.